The molecule has 0 spiro atoms. The minimum atomic E-state index is 0.0204. The lowest BCUT2D eigenvalue weighted by atomic mass is 10.1. The fraction of sp³-hybridized carbons (Fsp3) is 0.611. The summed E-state index contributed by atoms with van der Waals surface area (Å²) in [7, 11) is 0. The maximum atomic E-state index is 6.44. The van der Waals surface area contributed by atoms with E-state index in [2.05, 4.69) is 34.6 Å². The fourth-order valence-electron chi connectivity index (χ4n) is 3.23. The van der Waals surface area contributed by atoms with Crippen molar-refractivity contribution in [3.8, 4) is 0 Å². The monoisotopic (exact) mass is 316 g/mol. The number of hydrogen-bond acceptors (Lipinski definition) is 4. The smallest absolute Gasteiger partial charge is 0.126 e. The molecule has 126 valence electrons. The van der Waals surface area contributed by atoms with Gasteiger partial charge in [0, 0.05) is 26.2 Å². The van der Waals surface area contributed by atoms with Gasteiger partial charge in [0.1, 0.15) is 5.82 Å². The molecule has 0 aliphatic carbocycles. The predicted octanol–water partition coefficient (Wildman–Crippen LogP) is 2.56. The standard InChI is InChI=1S/C18H28N4O/c1-2-3-6-15(19)18-20-16-7-4-5-8-17(16)22(18)10-9-21-11-13-23-14-12-21/h4-5,7-8,15H,2-3,6,9-14,19H2,1H3. The molecule has 1 aromatic heterocycles. The summed E-state index contributed by atoms with van der Waals surface area (Å²) in [4.78, 5) is 7.28. The summed E-state index contributed by atoms with van der Waals surface area (Å²) in [5.74, 6) is 1.04. The number of unbranched alkanes of at least 4 members (excludes halogenated alkanes) is 1. The molecule has 0 amide bonds. The average Bonchev–Trinajstić information content (AvgIpc) is 2.97. The van der Waals surface area contributed by atoms with Gasteiger partial charge in [0.2, 0.25) is 0 Å². The van der Waals surface area contributed by atoms with Crippen molar-refractivity contribution in [1.29, 1.82) is 0 Å². The number of imidazole rings is 1. The van der Waals surface area contributed by atoms with Gasteiger partial charge in [-0.05, 0) is 18.6 Å². The number of morpholine rings is 1. The van der Waals surface area contributed by atoms with Gasteiger partial charge >= 0.3 is 0 Å². The third-order valence-electron chi connectivity index (χ3n) is 4.63. The van der Waals surface area contributed by atoms with Gasteiger partial charge in [0.25, 0.3) is 0 Å². The first-order chi connectivity index (χ1) is 11.3. The fourth-order valence-corrected chi connectivity index (χ4v) is 3.23. The van der Waals surface area contributed by atoms with E-state index < -0.39 is 0 Å². The van der Waals surface area contributed by atoms with Crippen LogP contribution in [0.15, 0.2) is 24.3 Å². The Kier molecular flexibility index (Phi) is 5.65. The molecular weight excluding hydrogens is 288 g/mol. The first-order valence-corrected chi connectivity index (χ1v) is 8.80. The predicted molar refractivity (Wildman–Crippen MR) is 93.4 cm³/mol. The van der Waals surface area contributed by atoms with Gasteiger partial charge in [-0.25, -0.2) is 4.98 Å². The van der Waals surface area contributed by atoms with Crippen LogP contribution >= 0.6 is 0 Å². The highest BCUT2D eigenvalue weighted by Crippen LogP contribution is 2.22. The van der Waals surface area contributed by atoms with E-state index in [0.29, 0.717) is 0 Å². The first kappa shape index (κ1) is 16.4. The molecule has 5 heteroatoms. The van der Waals surface area contributed by atoms with Crippen molar-refractivity contribution >= 4 is 11.0 Å². The molecule has 23 heavy (non-hydrogen) atoms. The molecule has 2 heterocycles. The van der Waals surface area contributed by atoms with Crippen molar-refractivity contribution in [1.82, 2.24) is 14.5 Å². The van der Waals surface area contributed by atoms with Crippen LogP contribution in [0.5, 0.6) is 0 Å². The summed E-state index contributed by atoms with van der Waals surface area (Å²) in [5.41, 5.74) is 8.69. The van der Waals surface area contributed by atoms with Crippen LogP contribution in [0.2, 0.25) is 0 Å². The number of nitrogens with zero attached hydrogens (tertiary/aromatic N) is 3. The molecule has 1 atom stereocenters. The van der Waals surface area contributed by atoms with E-state index in [1.165, 1.54) is 11.9 Å². The highest BCUT2D eigenvalue weighted by molar-refractivity contribution is 5.76. The molecule has 0 saturated carbocycles. The lowest BCUT2D eigenvalue weighted by Gasteiger charge is -2.27. The van der Waals surface area contributed by atoms with E-state index in [0.717, 1.165) is 63.6 Å². The van der Waals surface area contributed by atoms with Crippen molar-refractivity contribution < 1.29 is 4.74 Å². The minimum absolute atomic E-state index is 0.0204. The van der Waals surface area contributed by atoms with E-state index in [4.69, 9.17) is 15.5 Å². The molecule has 1 aromatic carbocycles. The zero-order chi connectivity index (χ0) is 16.1. The van der Waals surface area contributed by atoms with Gasteiger partial charge in [0.15, 0.2) is 0 Å². The molecule has 1 unspecified atom stereocenters. The molecule has 2 N–H and O–H groups in total. The van der Waals surface area contributed by atoms with Crippen LogP contribution in [0.25, 0.3) is 11.0 Å². The van der Waals surface area contributed by atoms with E-state index in [9.17, 15) is 0 Å². The van der Waals surface area contributed by atoms with Crippen LogP contribution in [0, 0.1) is 0 Å². The van der Waals surface area contributed by atoms with Gasteiger partial charge in [-0.3, -0.25) is 4.90 Å². The van der Waals surface area contributed by atoms with Crippen LogP contribution in [0.4, 0.5) is 0 Å². The first-order valence-electron chi connectivity index (χ1n) is 8.80. The zero-order valence-corrected chi connectivity index (χ0v) is 14.1. The van der Waals surface area contributed by atoms with E-state index in [-0.39, 0.29) is 6.04 Å². The Bertz CT molecular complexity index is 619. The van der Waals surface area contributed by atoms with Crippen LogP contribution < -0.4 is 5.73 Å². The topological polar surface area (TPSA) is 56.3 Å². The van der Waals surface area contributed by atoms with Gasteiger partial charge in [0.05, 0.1) is 30.3 Å². The second-order valence-electron chi connectivity index (χ2n) is 6.31. The molecular formula is C18H28N4O. The van der Waals surface area contributed by atoms with E-state index in [1.54, 1.807) is 0 Å². The van der Waals surface area contributed by atoms with Crippen molar-refractivity contribution in [2.24, 2.45) is 5.73 Å². The third kappa shape index (κ3) is 3.91. The molecule has 0 bridgehead atoms. The van der Waals surface area contributed by atoms with Crippen LogP contribution in [0.1, 0.15) is 38.1 Å². The van der Waals surface area contributed by atoms with Crippen molar-refractivity contribution in [2.75, 3.05) is 32.8 Å². The molecule has 1 aliphatic heterocycles. The number of rotatable bonds is 7. The summed E-state index contributed by atoms with van der Waals surface area (Å²) in [6.07, 6.45) is 3.31. The van der Waals surface area contributed by atoms with Crippen molar-refractivity contribution in [3.63, 3.8) is 0 Å². The lowest BCUT2D eigenvalue weighted by Crippen LogP contribution is -2.38. The number of fused-ring (bicyclic) bond motifs is 1. The third-order valence-corrected chi connectivity index (χ3v) is 4.63. The number of ether oxygens (including phenoxy) is 1. The Labute approximate surface area is 138 Å². The Morgan fingerprint density at radius 2 is 2.00 bits per heavy atom. The largest absolute Gasteiger partial charge is 0.379 e. The molecule has 0 radical (unpaired) electrons. The second kappa shape index (κ2) is 7.90. The highest BCUT2D eigenvalue weighted by Gasteiger charge is 2.18. The zero-order valence-electron chi connectivity index (χ0n) is 14.1. The van der Waals surface area contributed by atoms with Crippen molar-refractivity contribution in [2.45, 2.75) is 38.8 Å². The molecule has 2 aromatic rings. The van der Waals surface area contributed by atoms with Crippen LogP contribution in [-0.2, 0) is 11.3 Å². The summed E-state index contributed by atoms with van der Waals surface area (Å²) in [6.45, 7) is 7.88. The van der Waals surface area contributed by atoms with Crippen LogP contribution in [-0.4, -0.2) is 47.3 Å². The number of para-hydroxylation sites is 2. The normalized spacial score (nSPS) is 17.7. The molecule has 3 rings (SSSR count). The van der Waals surface area contributed by atoms with Gasteiger partial charge < -0.3 is 15.0 Å². The number of aromatic nitrogens is 2. The highest BCUT2D eigenvalue weighted by atomic mass is 16.5. The molecule has 1 aliphatic rings. The van der Waals surface area contributed by atoms with E-state index in [1.807, 2.05) is 6.07 Å². The SMILES string of the molecule is CCCCC(N)c1nc2ccccc2n1CCN1CCOCC1. The summed E-state index contributed by atoms with van der Waals surface area (Å²) < 4.78 is 7.76. The molecule has 1 fully saturated rings. The maximum Gasteiger partial charge on any atom is 0.126 e. The lowest BCUT2D eigenvalue weighted by molar-refractivity contribution is 0.0364. The number of hydrogen-bond donors (Lipinski definition) is 1. The Balaban J connectivity index is 1.80. The average molecular weight is 316 g/mol. The van der Waals surface area contributed by atoms with Gasteiger partial charge in [-0.1, -0.05) is 31.9 Å². The Hall–Kier alpha value is -1.43. The summed E-state index contributed by atoms with van der Waals surface area (Å²) >= 11 is 0. The molecule has 5 nitrogen and oxygen atoms in total. The summed E-state index contributed by atoms with van der Waals surface area (Å²) in [6, 6.07) is 8.38. The van der Waals surface area contributed by atoms with Gasteiger partial charge in [-0.2, -0.15) is 0 Å². The minimum Gasteiger partial charge on any atom is -0.379 e. The van der Waals surface area contributed by atoms with E-state index >= 15 is 0 Å². The number of nitrogens with two attached hydrogens (primary N) is 1. The Morgan fingerprint density at radius 3 is 2.78 bits per heavy atom. The van der Waals surface area contributed by atoms with Gasteiger partial charge in [-0.15, -0.1) is 0 Å². The number of benzene rings is 1. The quantitative estimate of drug-likeness (QED) is 0.853. The Morgan fingerprint density at radius 1 is 1.22 bits per heavy atom. The summed E-state index contributed by atoms with van der Waals surface area (Å²) in [5, 5.41) is 0. The molecule has 1 saturated heterocycles. The van der Waals surface area contributed by atoms with Crippen LogP contribution in [0.3, 0.4) is 0 Å². The second-order valence-corrected chi connectivity index (χ2v) is 6.31. The van der Waals surface area contributed by atoms with Crippen molar-refractivity contribution in [3.05, 3.63) is 30.1 Å². The maximum absolute atomic E-state index is 6.44.